The summed E-state index contributed by atoms with van der Waals surface area (Å²) in [7, 11) is 0. The predicted molar refractivity (Wildman–Crippen MR) is 100 cm³/mol. The molecule has 0 unspecified atom stereocenters. The third kappa shape index (κ3) is 4.24. The molecule has 0 atom stereocenters. The number of nitrogens with zero attached hydrogens (tertiary/aromatic N) is 4. The average Bonchev–Trinajstić information content (AvgIpc) is 2.68. The molecule has 2 aromatic rings. The number of amides is 1. The second-order valence-electron chi connectivity index (χ2n) is 6.43. The Morgan fingerprint density at radius 2 is 1.96 bits per heavy atom. The first kappa shape index (κ1) is 19.7. The summed E-state index contributed by atoms with van der Waals surface area (Å²) < 4.78 is 41.1. The summed E-state index contributed by atoms with van der Waals surface area (Å²) in [5.74, 6) is 0.239. The van der Waals surface area contributed by atoms with Gasteiger partial charge in [-0.1, -0.05) is 6.58 Å². The molecule has 1 saturated heterocycles. The molecule has 0 spiro atoms. The van der Waals surface area contributed by atoms with Gasteiger partial charge in [-0.2, -0.15) is 13.2 Å². The molecular weight excluding hydrogens is 371 g/mol. The van der Waals surface area contributed by atoms with Crippen LogP contribution in [0.2, 0.25) is 0 Å². The highest BCUT2D eigenvalue weighted by atomic mass is 19.4. The molecule has 0 bridgehead atoms. The normalized spacial score (nSPS) is 14.7. The predicted octanol–water partition coefficient (Wildman–Crippen LogP) is 3.38. The highest BCUT2D eigenvalue weighted by Gasteiger charge is 2.36. The number of piperazine rings is 1. The number of carbonyl (C=O) groups excluding carboxylic acids is 1. The standard InChI is InChI=1S/C19H20F3N5O/c1-3-17(28)27-8-6-26(7-9-27)16-5-4-14(10-15(16)19(20,21)22)25-18-13(2)11-23-12-24-18/h3-5,10-12H,1,6-9H2,2H3,(H,23,24,25). The molecule has 3 rings (SSSR count). The first-order valence-corrected chi connectivity index (χ1v) is 8.71. The Morgan fingerprint density at radius 3 is 2.57 bits per heavy atom. The molecule has 1 N–H and O–H groups in total. The second kappa shape index (κ2) is 7.87. The molecule has 1 aromatic carbocycles. The molecule has 1 aliphatic heterocycles. The van der Waals surface area contributed by atoms with Crippen LogP contribution in [-0.4, -0.2) is 47.0 Å². The van der Waals surface area contributed by atoms with E-state index in [1.54, 1.807) is 29.0 Å². The summed E-state index contributed by atoms with van der Waals surface area (Å²) in [6.45, 7) is 6.55. The van der Waals surface area contributed by atoms with E-state index in [1.165, 1.54) is 18.5 Å². The first-order chi connectivity index (χ1) is 13.3. The van der Waals surface area contributed by atoms with Crippen molar-refractivity contribution in [1.82, 2.24) is 14.9 Å². The van der Waals surface area contributed by atoms with Crippen LogP contribution in [0.15, 0.2) is 43.4 Å². The summed E-state index contributed by atoms with van der Waals surface area (Å²) in [6.07, 6.45) is -0.384. The smallest absolute Gasteiger partial charge is 0.367 e. The number of hydrogen-bond donors (Lipinski definition) is 1. The van der Waals surface area contributed by atoms with E-state index in [0.717, 1.165) is 11.6 Å². The number of anilines is 3. The van der Waals surface area contributed by atoms with E-state index in [-0.39, 0.29) is 11.6 Å². The Balaban J connectivity index is 1.85. The van der Waals surface area contributed by atoms with Crippen molar-refractivity contribution in [2.45, 2.75) is 13.1 Å². The van der Waals surface area contributed by atoms with E-state index in [4.69, 9.17) is 0 Å². The van der Waals surface area contributed by atoms with Gasteiger partial charge in [-0.25, -0.2) is 9.97 Å². The van der Waals surface area contributed by atoms with Crippen molar-refractivity contribution in [2.24, 2.45) is 0 Å². The lowest BCUT2D eigenvalue weighted by molar-refractivity contribution is -0.137. The number of rotatable bonds is 4. The van der Waals surface area contributed by atoms with Crippen LogP contribution < -0.4 is 10.2 Å². The van der Waals surface area contributed by atoms with Gasteiger partial charge in [0.25, 0.3) is 0 Å². The zero-order valence-corrected chi connectivity index (χ0v) is 15.3. The summed E-state index contributed by atoms with van der Waals surface area (Å²) >= 11 is 0. The van der Waals surface area contributed by atoms with E-state index >= 15 is 0 Å². The molecule has 1 fully saturated rings. The van der Waals surface area contributed by atoms with Crippen molar-refractivity contribution < 1.29 is 18.0 Å². The van der Waals surface area contributed by atoms with E-state index in [9.17, 15) is 18.0 Å². The molecule has 0 saturated carbocycles. The van der Waals surface area contributed by atoms with Gasteiger partial charge in [0, 0.05) is 49.3 Å². The molecule has 6 nitrogen and oxygen atoms in total. The minimum atomic E-state index is -4.51. The Labute approximate surface area is 160 Å². The number of halogens is 3. The minimum absolute atomic E-state index is 0.100. The van der Waals surface area contributed by atoms with Crippen LogP contribution in [0.1, 0.15) is 11.1 Å². The van der Waals surface area contributed by atoms with Crippen molar-refractivity contribution in [3.63, 3.8) is 0 Å². The lowest BCUT2D eigenvalue weighted by atomic mass is 10.1. The van der Waals surface area contributed by atoms with Crippen LogP contribution in [-0.2, 0) is 11.0 Å². The van der Waals surface area contributed by atoms with Gasteiger partial charge in [0.05, 0.1) is 5.56 Å². The molecule has 0 radical (unpaired) electrons. The van der Waals surface area contributed by atoms with Crippen LogP contribution in [0, 0.1) is 6.92 Å². The van der Waals surface area contributed by atoms with Gasteiger partial charge in [-0.3, -0.25) is 4.79 Å². The monoisotopic (exact) mass is 391 g/mol. The first-order valence-electron chi connectivity index (χ1n) is 8.71. The Hall–Kier alpha value is -3.10. The lowest BCUT2D eigenvalue weighted by Crippen LogP contribution is -2.48. The third-order valence-corrected chi connectivity index (χ3v) is 4.57. The van der Waals surface area contributed by atoms with E-state index in [0.29, 0.717) is 37.7 Å². The Morgan fingerprint density at radius 1 is 1.25 bits per heavy atom. The molecule has 9 heteroatoms. The Bertz CT molecular complexity index is 876. The molecule has 2 heterocycles. The van der Waals surface area contributed by atoms with Crippen molar-refractivity contribution in [3.8, 4) is 0 Å². The quantitative estimate of drug-likeness (QED) is 0.810. The topological polar surface area (TPSA) is 61.4 Å². The maximum Gasteiger partial charge on any atom is 0.418 e. The summed E-state index contributed by atoms with van der Waals surface area (Å²) in [6, 6.07) is 4.12. The second-order valence-corrected chi connectivity index (χ2v) is 6.43. The van der Waals surface area contributed by atoms with Gasteiger partial charge in [-0.15, -0.1) is 0 Å². The fraction of sp³-hybridized carbons (Fsp3) is 0.316. The zero-order valence-electron chi connectivity index (χ0n) is 15.3. The van der Waals surface area contributed by atoms with Crippen LogP contribution in [0.25, 0.3) is 0 Å². The van der Waals surface area contributed by atoms with Crippen LogP contribution in [0.5, 0.6) is 0 Å². The number of alkyl halides is 3. The number of benzene rings is 1. The number of hydrogen-bond acceptors (Lipinski definition) is 5. The molecule has 28 heavy (non-hydrogen) atoms. The fourth-order valence-electron chi connectivity index (χ4n) is 3.08. The van der Waals surface area contributed by atoms with Gasteiger partial charge in [-0.05, 0) is 31.2 Å². The zero-order chi connectivity index (χ0) is 20.3. The van der Waals surface area contributed by atoms with Gasteiger partial charge < -0.3 is 15.1 Å². The van der Waals surface area contributed by atoms with Crippen LogP contribution >= 0.6 is 0 Å². The summed E-state index contributed by atoms with van der Waals surface area (Å²) in [4.78, 5) is 22.8. The largest absolute Gasteiger partial charge is 0.418 e. The van der Waals surface area contributed by atoms with Crippen molar-refractivity contribution >= 4 is 23.1 Å². The third-order valence-electron chi connectivity index (χ3n) is 4.57. The van der Waals surface area contributed by atoms with E-state index < -0.39 is 11.7 Å². The van der Waals surface area contributed by atoms with E-state index in [1.807, 2.05) is 0 Å². The number of nitrogens with one attached hydrogen (secondary N) is 1. The van der Waals surface area contributed by atoms with E-state index in [2.05, 4.69) is 21.9 Å². The lowest BCUT2D eigenvalue weighted by Gasteiger charge is -2.36. The van der Waals surface area contributed by atoms with Crippen LogP contribution in [0.3, 0.4) is 0 Å². The fourth-order valence-corrected chi connectivity index (χ4v) is 3.08. The Kier molecular flexibility index (Phi) is 5.53. The highest BCUT2D eigenvalue weighted by molar-refractivity contribution is 5.87. The molecular formula is C19H20F3N5O. The number of aryl methyl sites for hydroxylation is 1. The number of carbonyl (C=O) groups is 1. The van der Waals surface area contributed by atoms with Gasteiger partial charge in [0.15, 0.2) is 0 Å². The molecule has 0 aliphatic carbocycles. The van der Waals surface area contributed by atoms with Gasteiger partial charge >= 0.3 is 6.18 Å². The minimum Gasteiger partial charge on any atom is -0.367 e. The van der Waals surface area contributed by atoms with Crippen molar-refractivity contribution in [1.29, 1.82) is 0 Å². The average molecular weight is 391 g/mol. The number of aromatic nitrogens is 2. The molecule has 148 valence electrons. The summed E-state index contributed by atoms with van der Waals surface area (Å²) in [5.41, 5.74) is 0.386. The molecule has 1 amide bonds. The van der Waals surface area contributed by atoms with Crippen molar-refractivity contribution in [3.05, 3.63) is 54.5 Å². The SMILES string of the molecule is C=CC(=O)N1CCN(c2ccc(Nc3ncncc3C)cc2C(F)(F)F)CC1. The maximum atomic E-state index is 13.7. The molecule has 1 aromatic heterocycles. The highest BCUT2D eigenvalue weighted by Crippen LogP contribution is 2.39. The van der Waals surface area contributed by atoms with Gasteiger partial charge in [0.2, 0.25) is 5.91 Å². The van der Waals surface area contributed by atoms with Crippen LogP contribution in [0.4, 0.5) is 30.4 Å². The maximum absolute atomic E-state index is 13.7. The molecule has 1 aliphatic rings. The van der Waals surface area contributed by atoms with Crippen molar-refractivity contribution in [2.75, 3.05) is 36.4 Å². The van der Waals surface area contributed by atoms with Gasteiger partial charge in [0.1, 0.15) is 12.1 Å². The summed E-state index contributed by atoms with van der Waals surface area (Å²) in [5, 5.41) is 2.91.